The fraction of sp³-hybridized carbons (Fsp3) is 0.280. The summed E-state index contributed by atoms with van der Waals surface area (Å²) in [5, 5.41) is 8.93. The van der Waals surface area contributed by atoms with Crippen LogP contribution in [0, 0.1) is 0 Å². The summed E-state index contributed by atoms with van der Waals surface area (Å²) in [5.41, 5.74) is 2.21. The first-order chi connectivity index (χ1) is 16.1. The van der Waals surface area contributed by atoms with Gasteiger partial charge in [0.05, 0.1) is 0 Å². The molecule has 0 unspecified atom stereocenters. The molecule has 2 amide bonds. The highest BCUT2D eigenvalue weighted by molar-refractivity contribution is 6.04. The molecule has 0 fully saturated rings. The summed E-state index contributed by atoms with van der Waals surface area (Å²) >= 11 is 0. The third-order valence-electron chi connectivity index (χ3n) is 5.15. The quantitative estimate of drug-likeness (QED) is 0.386. The minimum absolute atomic E-state index is 0.205. The van der Waals surface area contributed by atoms with E-state index in [2.05, 4.69) is 44.7 Å². The van der Waals surface area contributed by atoms with Crippen LogP contribution in [0.25, 0.3) is 0 Å². The van der Waals surface area contributed by atoms with Crippen LogP contribution in [0.15, 0.2) is 67.0 Å². The fourth-order valence-electron chi connectivity index (χ4n) is 3.29. The molecule has 8 nitrogen and oxygen atoms in total. The first-order valence-corrected chi connectivity index (χ1v) is 11.1. The van der Waals surface area contributed by atoms with E-state index in [0.29, 0.717) is 35.0 Å². The largest absolute Gasteiger partial charge is 0.351 e. The Bertz CT molecular complexity index is 1050. The van der Waals surface area contributed by atoms with Crippen molar-refractivity contribution < 1.29 is 9.59 Å². The SMILES string of the molecule is CCN(CC)CCCNC(=O)c1cccc(Nc2cccc(C(=O)Nc3ccncc3)c2)n1. The van der Waals surface area contributed by atoms with Crippen LogP contribution >= 0.6 is 0 Å². The Hall–Kier alpha value is -3.78. The molecule has 0 atom stereocenters. The summed E-state index contributed by atoms with van der Waals surface area (Å²) in [6, 6.07) is 15.8. The van der Waals surface area contributed by atoms with E-state index in [1.54, 1.807) is 60.9 Å². The molecule has 1 aromatic carbocycles. The Balaban J connectivity index is 1.58. The number of benzene rings is 1. The van der Waals surface area contributed by atoms with Gasteiger partial charge in [-0.1, -0.05) is 26.0 Å². The van der Waals surface area contributed by atoms with Crippen LogP contribution in [0.4, 0.5) is 17.2 Å². The van der Waals surface area contributed by atoms with E-state index in [4.69, 9.17) is 0 Å². The second kappa shape index (κ2) is 12.3. The molecule has 0 spiro atoms. The number of nitrogens with zero attached hydrogens (tertiary/aromatic N) is 3. The second-order valence-corrected chi connectivity index (χ2v) is 7.44. The Morgan fingerprint density at radius 1 is 0.909 bits per heavy atom. The van der Waals surface area contributed by atoms with E-state index >= 15 is 0 Å². The predicted molar refractivity (Wildman–Crippen MR) is 131 cm³/mol. The molecule has 3 N–H and O–H groups in total. The van der Waals surface area contributed by atoms with Gasteiger partial charge in [0, 0.05) is 35.9 Å². The number of pyridine rings is 2. The third-order valence-corrected chi connectivity index (χ3v) is 5.15. The van der Waals surface area contributed by atoms with Crippen LogP contribution in [0.5, 0.6) is 0 Å². The van der Waals surface area contributed by atoms with Crippen LogP contribution < -0.4 is 16.0 Å². The molecule has 0 aliphatic carbocycles. The zero-order valence-corrected chi connectivity index (χ0v) is 19.0. The molecule has 172 valence electrons. The second-order valence-electron chi connectivity index (χ2n) is 7.44. The lowest BCUT2D eigenvalue weighted by molar-refractivity contribution is 0.0946. The molecule has 2 aromatic heterocycles. The first-order valence-electron chi connectivity index (χ1n) is 11.1. The van der Waals surface area contributed by atoms with Crippen molar-refractivity contribution in [3.05, 3.63) is 78.2 Å². The molecular formula is C25H30N6O2. The zero-order valence-electron chi connectivity index (χ0n) is 19.0. The Morgan fingerprint density at radius 2 is 1.67 bits per heavy atom. The monoisotopic (exact) mass is 446 g/mol. The summed E-state index contributed by atoms with van der Waals surface area (Å²) in [6.07, 6.45) is 4.13. The smallest absolute Gasteiger partial charge is 0.269 e. The van der Waals surface area contributed by atoms with E-state index in [1.807, 2.05) is 6.07 Å². The molecule has 3 rings (SSSR count). The molecule has 0 radical (unpaired) electrons. The van der Waals surface area contributed by atoms with Crippen molar-refractivity contribution >= 4 is 29.0 Å². The number of nitrogens with one attached hydrogen (secondary N) is 3. The van der Waals surface area contributed by atoms with Gasteiger partial charge in [-0.2, -0.15) is 0 Å². The van der Waals surface area contributed by atoms with Crippen molar-refractivity contribution in [2.24, 2.45) is 0 Å². The van der Waals surface area contributed by atoms with E-state index in [0.717, 1.165) is 26.1 Å². The lowest BCUT2D eigenvalue weighted by Crippen LogP contribution is -2.30. The van der Waals surface area contributed by atoms with Gasteiger partial charge in [0.1, 0.15) is 11.5 Å². The average Bonchev–Trinajstić information content (AvgIpc) is 2.85. The minimum Gasteiger partial charge on any atom is -0.351 e. The molecule has 3 aromatic rings. The van der Waals surface area contributed by atoms with E-state index in [9.17, 15) is 9.59 Å². The summed E-state index contributed by atoms with van der Waals surface area (Å²) in [5.74, 6) is 0.0943. The van der Waals surface area contributed by atoms with Gasteiger partial charge in [0.2, 0.25) is 0 Å². The standard InChI is InChI=1S/C25H30N6O2/c1-3-31(4-2)17-7-14-27-25(33)22-10-6-11-23(30-22)28-21-9-5-8-19(18-21)24(32)29-20-12-15-26-16-13-20/h5-6,8-13,15-16,18H,3-4,7,14,17H2,1-2H3,(H,27,33)(H,28,30)(H,26,29,32). The highest BCUT2D eigenvalue weighted by Gasteiger charge is 2.10. The summed E-state index contributed by atoms with van der Waals surface area (Å²) in [4.78, 5) is 35.7. The lowest BCUT2D eigenvalue weighted by atomic mass is 10.2. The molecule has 0 saturated carbocycles. The molecule has 0 aliphatic heterocycles. The molecule has 2 heterocycles. The van der Waals surface area contributed by atoms with Gasteiger partial charge in [-0.05, 0) is 68.5 Å². The zero-order chi connectivity index (χ0) is 23.5. The highest BCUT2D eigenvalue weighted by atomic mass is 16.2. The normalized spacial score (nSPS) is 10.6. The van der Waals surface area contributed by atoms with Gasteiger partial charge in [-0.15, -0.1) is 0 Å². The van der Waals surface area contributed by atoms with Gasteiger partial charge in [0.15, 0.2) is 0 Å². The van der Waals surface area contributed by atoms with Gasteiger partial charge < -0.3 is 20.9 Å². The highest BCUT2D eigenvalue weighted by Crippen LogP contribution is 2.17. The van der Waals surface area contributed by atoms with Gasteiger partial charge >= 0.3 is 0 Å². The van der Waals surface area contributed by atoms with E-state index < -0.39 is 0 Å². The first kappa shape index (κ1) is 23.9. The molecule has 33 heavy (non-hydrogen) atoms. The summed E-state index contributed by atoms with van der Waals surface area (Å²) in [7, 11) is 0. The average molecular weight is 447 g/mol. The molecule has 0 bridgehead atoms. The number of hydrogen-bond acceptors (Lipinski definition) is 6. The lowest BCUT2D eigenvalue weighted by Gasteiger charge is -2.17. The van der Waals surface area contributed by atoms with Crippen molar-refractivity contribution in [3.8, 4) is 0 Å². The van der Waals surface area contributed by atoms with E-state index in [1.165, 1.54) is 0 Å². The van der Waals surface area contributed by atoms with Gasteiger partial charge in [-0.3, -0.25) is 14.6 Å². The van der Waals surface area contributed by atoms with Crippen molar-refractivity contribution in [1.29, 1.82) is 0 Å². The number of rotatable bonds is 11. The van der Waals surface area contributed by atoms with Crippen LogP contribution in [-0.2, 0) is 0 Å². The Labute approximate surface area is 194 Å². The number of amides is 2. The molecule has 0 aliphatic rings. The number of anilines is 3. The minimum atomic E-state index is -0.226. The third kappa shape index (κ3) is 7.40. The Kier molecular flexibility index (Phi) is 8.90. The van der Waals surface area contributed by atoms with Crippen LogP contribution in [0.2, 0.25) is 0 Å². The van der Waals surface area contributed by atoms with E-state index in [-0.39, 0.29) is 11.8 Å². The number of hydrogen-bond donors (Lipinski definition) is 3. The fourth-order valence-corrected chi connectivity index (χ4v) is 3.29. The van der Waals surface area contributed by atoms with Crippen molar-refractivity contribution in [2.45, 2.75) is 20.3 Å². The van der Waals surface area contributed by atoms with Gasteiger partial charge in [0.25, 0.3) is 11.8 Å². The number of carbonyl (C=O) groups excluding carboxylic acids is 2. The van der Waals surface area contributed by atoms with Crippen LogP contribution in [-0.4, -0.2) is 52.9 Å². The maximum atomic E-state index is 12.5. The number of carbonyl (C=O) groups is 2. The van der Waals surface area contributed by atoms with Crippen molar-refractivity contribution in [2.75, 3.05) is 36.8 Å². The summed E-state index contributed by atoms with van der Waals surface area (Å²) in [6.45, 7) is 7.83. The molecule has 0 saturated heterocycles. The van der Waals surface area contributed by atoms with Crippen LogP contribution in [0.3, 0.4) is 0 Å². The molecular weight excluding hydrogens is 416 g/mol. The summed E-state index contributed by atoms with van der Waals surface area (Å²) < 4.78 is 0. The maximum absolute atomic E-state index is 12.5. The van der Waals surface area contributed by atoms with Crippen LogP contribution in [0.1, 0.15) is 41.1 Å². The van der Waals surface area contributed by atoms with Gasteiger partial charge in [-0.25, -0.2) is 4.98 Å². The maximum Gasteiger partial charge on any atom is 0.269 e. The number of aromatic nitrogens is 2. The predicted octanol–water partition coefficient (Wildman–Crippen LogP) is 3.93. The Morgan fingerprint density at radius 3 is 2.42 bits per heavy atom. The van der Waals surface area contributed by atoms with Crippen molar-refractivity contribution in [3.63, 3.8) is 0 Å². The molecule has 8 heteroatoms. The topological polar surface area (TPSA) is 99.2 Å². The van der Waals surface area contributed by atoms with Crippen molar-refractivity contribution in [1.82, 2.24) is 20.2 Å².